The molecule has 0 aromatic carbocycles. The van der Waals surface area contributed by atoms with Gasteiger partial charge in [0, 0.05) is 33.6 Å². The van der Waals surface area contributed by atoms with Crippen LogP contribution in [0.25, 0.3) is 11.0 Å². The number of piperidine rings is 1. The van der Waals surface area contributed by atoms with Gasteiger partial charge in [0.15, 0.2) is 11.4 Å². The van der Waals surface area contributed by atoms with Crippen molar-refractivity contribution < 1.29 is 4.79 Å². The molecule has 1 aliphatic heterocycles. The van der Waals surface area contributed by atoms with E-state index in [9.17, 15) is 4.79 Å². The van der Waals surface area contributed by atoms with E-state index in [1.807, 2.05) is 19.2 Å². The number of carbonyl (C=O) groups excluding carboxylic acids is 1. The minimum atomic E-state index is 0.173. The number of fused-ring (bicyclic) bond motifs is 1. The molecule has 2 fully saturated rings. The molecule has 1 aliphatic carbocycles. The van der Waals surface area contributed by atoms with Crippen LogP contribution in [0.4, 0.5) is 5.82 Å². The number of carbonyl (C=O) groups is 1. The quantitative estimate of drug-likeness (QED) is 0.546. The molecule has 2 aromatic heterocycles. The van der Waals surface area contributed by atoms with Gasteiger partial charge in [-0.05, 0) is 68.7 Å². The van der Waals surface area contributed by atoms with E-state index in [4.69, 9.17) is 4.98 Å². The summed E-state index contributed by atoms with van der Waals surface area (Å²) in [5.74, 6) is 3.05. The first kappa shape index (κ1) is 23.2. The SMILES string of the molecule is CC(C)CN(C)c1ccc2c(C(=O)CC3CCN(CC4CCCCC4)CC3)nn(C)c2n1. The van der Waals surface area contributed by atoms with Crippen molar-refractivity contribution in [2.24, 2.45) is 24.8 Å². The molecule has 0 atom stereocenters. The Labute approximate surface area is 193 Å². The van der Waals surface area contributed by atoms with Gasteiger partial charge in [0.1, 0.15) is 11.5 Å². The lowest BCUT2D eigenvalue weighted by Crippen LogP contribution is -2.38. The number of aryl methyl sites for hydroxylation is 1. The summed E-state index contributed by atoms with van der Waals surface area (Å²) in [6.07, 6.45) is 9.95. The van der Waals surface area contributed by atoms with Gasteiger partial charge < -0.3 is 9.80 Å². The lowest BCUT2D eigenvalue weighted by Gasteiger charge is -2.35. The van der Waals surface area contributed by atoms with E-state index in [-0.39, 0.29) is 5.78 Å². The zero-order valence-electron chi connectivity index (χ0n) is 20.5. The highest BCUT2D eigenvalue weighted by Gasteiger charge is 2.26. The Morgan fingerprint density at radius 3 is 2.50 bits per heavy atom. The van der Waals surface area contributed by atoms with Gasteiger partial charge in [0.25, 0.3) is 0 Å². The molecular formula is C26H41N5O. The van der Waals surface area contributed by atoms with Gasteiger partial charge in [-0.3, -0.25) is 4.79 Å². The number of ketones is 1. The number of nitrogens with zero attached hydrogens (tertiary/aromatic N) is 5. The summed E-state index contributed by atoms with van der Waals surface area (Å²) >= 11 is 0. The van der Waals surface area contributed by atoms with Gasteiger partial charge in [-0.25, -0.2) is 9.67 Å². The monoisotopic (exact) mass is 439 g/mol. The Balaban J connectivity index is 1.35. The molecule has 4 rings (SSSR count). The van der Waals surface area contributed by atoms with Crippen molar-refractivity contribution in [3.05, 3.63) is 17.8 Å². The standard InChI is InChI=1S/C26H41N5O/c1-19(2)17-29(3)24-11-10-22-25(28-30(4)26(22)27-24)23(32)16-20-12-14-31(15-13-20)18-21-8-6-5-7-9-21/h10-11,19-21H,5-9,12-18H2,1-4H3. The topological polar surface area (TPSA) is 54.3 Å². The fraction of sp³-hybridized carbons (Fsp3) is 0.731. The first-order valence-electron chi connectivity index (χ1n) is 12.7. The van der Waals surface area contributed by atoms with Crippen molar-refractivity contribution in [3.63, 3.8) is 0 Å². The Bertz CT molecular complexity index is 906. The molecular weight excluding hydrogens is 398 g/mol. The number of hydrogen-bond acceptors (Lipinski definition) is 5. The van der Waals surface area contributed by atoms with Crippen molar-refractivity contribution in [2.75, 3.05) is 38.1 Å². The van der Waals surface area contributed by atoms with Crippen molar-refractivity contribution in [1.29, 1.82) is 0 Å². The Morgan fingerprint density at radius 2 is 1.81 bits per heavy atom. The second-order valence-electron chi connectivity index (χ2n) is 10.7. The van der Waals surface area contributed by atoms with Gasteiger partial charge in [-0.2, -0.15) is 5.10 Å². The second-order valence-corrected chi connectivity index (χ2v) is 10.7. The summed E-state index contributed by atoms with van der Waals surface area (Å²) in [7, 11) is 3.96. The van der Waals surface area contributed by atoms with Crippen LogP contribution < -0.4 is 4.90 Å². The van der Waals surface area contributed by atoms with E-state index in [1.165, 1.54) is 38.6 Å². The second kappa shape index (κ2) is 10.3. The molecule has 6 heteroatoms. The maximum absolute atomic E-state index is 13.2. The first-order valence-corrected chi connectivity index (χ1v) is 12.7. The van der Waals surface area contributed by atoms with Crippen LogP contribution in [0.1, 0.15) is 75.7 Å². The van der Waals surface area contributed by atoms with Gasteiger partial charge in [0.2, 0.25) is 0 Å². The summed E-state index contributed by atoms with van der Waals surface area (Å²) in [6, 6.07) is 4.05. The lowest BCUT2D eigenvalue weighted by atomic mass is 9.87. The Morgan fingerprint density at radius 1 is 1.09 bits per heavy atom. The zero-order valence-corrected chi connectivity index (χ0v) is 20.5. The van der Waals surface area contributed by atoms with Crippen LogP contribution in [0.2, 0.25) is 0 Å². The van der Waals surface area contributed by atoms with Crippen molar-refractivity contribution >= 4 is 22.6 Å². The average molecular weight is 440 g/mol. The normalized spacial score (nSPS) is 19.2. The highest BCUT2D eigenvalue weighted by Crippen LogP contribution is 2.29. The zero-order chi connectivity index (χ0) is 22.7. The van der Waals surface area contributed by atoms with Crippen LogP contribution in [0.3, 0.4) is 0 Å². The molecule has 176 valence electrons. The van der Waals surface area contributed by atoms with E-state index in [0.29, 0.717) is 24.0 Å². The molecule has 0 N–H and O–H groups in total. The van der Waals surface area contributed by atoms with E-state index >= 15 is 0 Å². The van der Waals surface area contributed by atoms with Crippen LogP contribution in [0.5, 0.6) is 0 Å². The van der Waals surface area contributed by atoms with Gasteiger partial charge in [-0.1, -0.05) is 33.1 Å². The maximum Gasteiger partial charge on any atom is 0.184 e. The predicted octanol–water partition coefficient (Wildman–Crippen LogP) is 4.93. The molecule has 6 nitrogen and oxygen atoms in total. The molecule has 3 heterocycles. The highest BCUT2D eigenvalue weighted by atomic mass is 16.1. The summed E-state index contributed by atoms with van der Waals surface area (Å²) in [6.45, 7) is 8.91. The fourth-order valence-corrected chi connectivity index (χ4v) is 5.65. The van der Waals surface area contributed by atoms with E-state index in [1.54, 1.807) is 4.68 Å². The van der Waals surface area contributed by atoms with E-state index in [0.717, 1.165) is 55.2 Å². The maximum atomic E-state index is 13.2. The summed E-state index contributed by atoms with van der Waals surface area (Å²) < 4.78 is 1.77. The van der Waals surface area contributed by atoms with Crippen LogP contribution >= 0.6 is 0 Å². The molecule has 0 radical (unpaired) electrons. The molecule has 1 saturated carbocycles. The van der Waals surface area contributed by atoms with Gasteiger partial charge >= 0.3 is 0 Å². The minimum Gasteiger partial charge on any atom is -0.359 e. The van der Waals surface area contributed by atoms with Crippen LogP contribution in [0, 0.1) is 17.8 Å². The predicted molar refractivity (Wildman–Crippen MR) is 131 cm³/mol. The third kappa shape index (κ3) is 5.51. The summed E-state index contributed by atoms with van der Waals surface area (Å²) in [4.78, 5) is 22.8. The number of rotatable bonds is 8. The average Bonchev–Trinajstić information content (AvgIpc) is 3.11. The number of likely N-dealkylation sites (tertiary alicyclic amines) is 1. The van der Waals surface area contributed by atoms with Crippen LogP contribution in [-0.4, -0.2) is 58.7 Å². The van der Waals surface area contributed by atoms with Crippen LogP contribution in [0.15, 0.2) is 12.1 Å². The Hall–Kier alpha value is -1.95. The molecule has 32 heavy (non-hydrogen) atoms. The first-order chi connectivity index (χ1) is 15.4. The van der Waals surface area contributed by atoms with E-state index in [2.05, 4.69) is 35.8 Å². The van der Waals surface area contributed by atoms with Crippen molar-refractivity contribution in [2.45, 2.75) is 65.2 Å². The molecule has 0 spiro atoms. The minimum absolute atomic E-state index is 0.173. The molecule has 2 aromatic rings. The summed E-state index contributed by atoms with van der Waals surface area (Å²) in [5, 5.41) is 5.47. The lowest BCUT2D eigenvalue weighted by molar-refractivity contribution is 0.0910. The third-order valence-electron chi connectivity index (χ3n) is 7.39. The fourth-order valence-electron chi connectivity index (χ4n) is 5.65. The number of pyridine rings is 1. The molecule has 2 aliphatic rings. The third-order valence-corrected chi connectivity index (χ3v) is 7.39. The highest BCUT2D eigenvalue weighted by molar-refractivity contribution is 6.05. The number of aromatic nitrogens is 3. The van der Waals surface area contributed by atoms with Gasteiger partial charge in [0.05, 0.1) is 5.39 Å². The smallest absolute Gasteiger partial charge is 0.184 e. The number of anilines is 1. The molecule has 0 bridgehead atoms. The number of hydrogen-bond donors (Lipinski definition) is 0. The number of Topliss-reactive ketones (excluding diaryl/α,β-unsaturated/α-hetero) is 1. The van der Waals surface area contributed by atoms with Crippen LogP contribution in [-0.2, 0) is 7.05 Å². The van der Waals surface area contributed by atoms with Gasteiger partial charge in [-0.15, -0.1) is 0 Å². The molecule has 1 saturated heterocycles. The van der Waals surface area contributed by atoms with Crippen molar-refractivity contribution in [3.8, 4) is 0 Å². The Kier molecular flexibility index (Phi) is 7.49. The molecule has 0 unspecified atom stereocenters. The largest absolute Gasteiger partial charge is 0.359 e. The van der Waals surface area contributed by atoms with Crippen molar-refractivity contribution in [1.82, 2.24) is 19.7 Å². The van der Waals surface area contributed by atoms with E-state index < -0.39 is 0 Å². The molecule has 0 amide bonds. The summed E-state index contributed by atoms with van der Waals surface area (Å²) in [5.41, 5.74) is 1.39.